The number of nitrogens with one attached hydrogen (secondary N) is 8. The highest BCUT2D eigenvalue weighted by Gasteiger charge is 2.92. The zero-order valence-electron chi connectivity index (χ0n) is 52.1. The zero-order valence-corrected chi connectivity index (χ0v) is 52.1. The zero-order chi connectivity index (χ0) is 73.4. The highest BCUT2D eigenvalue weighted by molar-refractivity contribution is 5.98. The van der Waals surface area contributed by atoms with Gasteiger partial charge in [0.2, 0.25) is 47.3 Å². The Labute approximate surface area is 534 Å². The maximum Gasteiger partial charge on any atom is 0.384 e. The number of aliphatic hydroxyl groups excluding tert-OH is 2. The van der Waals surface area contributed by atoms with Crippen LogP contribution in [0.5, 0.6) is 0 Å². The number of aliphatic hydroxyl groups is 4. The number of ether oxygens (including phenoxy) is 5. The molecule has 0 aromatic heterocycles. The number of primary amides is 1. The van der Waals surface area contributed by atoms with Gasteiger partial charge in [-0.3, -0.25) is 48.6 Å². The van der Waals surface area contributed by atoms with E-state index in [1.165, 1.54) is 13.8 Å². The number of guanidine groups is 1. The summed E-state index contributed by atoms with van der Waals surface area (Å²) in [5, 5.41) is 62.9. The molecule has 0 rings (SSSR count). The molecule has 6 atom stereocenters. The minimum atomic E-state index is -8.28. The number of esters is 1. The number of nitrogens with two attached hydrogens (primary N) is 2. The summed E-state index contributed by atoms with van der Waals surface area (Å²) in [6.45, 7) is 2.71. The lowest BCUT2D eigenvalue weighted by Gasteiger charge is -2.42. The van der Waals surface area contributed by atoms with E-state index in [2.05, 4.69) is 31.9 Å². The van der Waals surface area contributed by atoms with Crippen molar-refractivity contribution >= 4 is 59.1 Å². The summed E-state index contributed by atoms with van der Waals surface area (Å²) < 4.78 is 221. The normalized spacial score (nSPS) is 14.6. The van der Waals surface area contributed by atoms with Crippen LogP contribution in [0.25, 0.3) is 0 Å². The fourth-order valence-electron chi connectivity index (χ4n) is 7.83. The second kappa shape index (κ2) is 40.8. The van der Waals surface area contributed by atoms with E-state index in [4.69, 9.17) is 40.6 Å². The number of rotatable bonds is 52. The van der Waals surface area contributed by atoms with Crippen LogP contribution < -0.4 is 48.7 Å². The number of ketones is 1. The molecule has 0 heterocycles. The summed E-state index contributed by atoms with van der Waals surface area (Å²) in [6.07, 6.45) is -10.7. The van der Waals surface area contributed by atoms with E-state index in [-0.39, 0.29) is 110 Å². The summed E-state index contributed by atoms with van der Waals surface area (Å²) in [5.74, 6) is -66.1. The molecule has 7 amide bonds. The first-order valence-corrected chi connectivity index (χ1v) is 29.3. The minimum Gasteiger partial charge on any atom is -0.463 e. The number of hydrogen-bond donors (Lipinski definition) is 14. The molecule has 0 fully saturated rings. The molecule has 42 heteroatoms. The van der Waals surface area contributed by atoms with Gasteiger partial charge in [-0.1, -0.05) is 26.7 Å². The highest BCUT2D eigenvalue weighted by Crippen LogP contribution is 2.63. The SMILES string of the molecule is CCCC[C@H](NC(=O)[C@@H](NC(=O)[C@H](CCCCNC(=N)N)NC(=O)[C@H](CC(N)=O)NC(=O)[C@H](CO)NC(=O)CCOCCOCCOCCOCCOC(=O)CCCC(O)(O)NC(=O)CCC(F)(F)C(F)(F)C(F)(F)C(F)(F)C(F)(F)C(F)(F)C(F)(F)CC)C(C)O)C(C)=O. The van der Waals surface area contributed by atoms with E-state index in [1.807, 2.05) is 6.92 Å². The maximum atomic E-state index is 14.2. The number of halogens is 14. The molecule has 0 aliphatic rings. The number of carbonyl (C=O) groups excluding carboxylic acids is 9. The lowest BCUT2D eigenvalue weighted by atomic mass is 9.87. The number of hydrogen-bond acceptors (Lipinski definition) is 19. The molecule has 1 unspecified atom stereocenters. The predicted octanol–water partition coefficient (Wildman–Crippen LogP) is 0.653. The molecule has 552 valence electrons. The molecule has 0 aromatic rings. The van der Waals surface area contributed by atoms with Crippen molar-refractivity contribution in [3.05, 3.63) is 0 Å². The summed E-state index contributed by atoms with van der Waals surface area (Å²) in [6, 6.07) is -7.51. The largest absolute Gasteiger partial charge is 0.463 e. The quantitative estimate of drug-likeness (QED) is 0.00993. The van der Waals surface area contributed by atoms with E-state index in [0.29, 0.717) is 19.3 Å². The van der Waals surface area contributed by atoms with Crippen LogP contribution in [0, 0.1) is 5.41 Å². The lowest BCUT2D eigenvalue weighted by Crippen LogP contribution is -2.73. The number of alkyl halides is 14. The van der Waals surface area contributed by atoms with Gasteiger partial charge in [-0.05, 0) is 46.0 Å². The molecule has 0 saturated heterocycles. The summed E-state index contributed by atoms with van der Waals surface area (Å²) in [4.78, 5) is 115. The molecule has 0 aromatic carbocycles. The van der Waals surface area contributed by atoms with Gasteiger partial charge in [0.25, 0.3) is 0 Å². The molecule has 0 spiro atoms. The first-order valence-electron chi connectivity index (χ1n) is 29.3. The van der Waals surface area contributed by atoms with E-state index >= 15 is 0 Å². The van der Waals surface area contributed by atoms with E-state index in [9.17, 15) is 125 Å². The van der Waals surface area contributed by atoms with Crippen molar-refractivity contribution in [2.45, 2.75) is 201 Å². The van der Waals surface area contributed by atoms with Gasteiger partial charge in [-0.15, -0.1) is 0 Å². The van der Waals surface area contributed by atoms with Crippen LogP contribution in [-0.2, 0) is 66.8 Å². The van der Waals surface area contributed by atoms with Crippen molar-refractivity contribution in [3.8, 4) is 0 Å². The molecular weight excluding hydrogens is 1330 g/mol. The lowest BCUT2D eigenvalue weighted by molar-refractivity contribution is -0.441. The minimum absolute atomic E-state index is 0.00289. The molecule has 0 aliphatic carbocycles. The van der Waals surface area contributed by atoms with Gasteiger partial charge in [0.05, 0.1) is 78.0 Å². The number of carbonyl (C=O) groups is 9. The first kappa shape index (κ1) is 88.4. The van der Waals surface area contributed by atoms with Crippen molar-refractivity contribution in [2.75, 3.05) is 72.6 Å². The number of unbranched alkanes of at least 4 members (excludes halogenated alkanes) is 2. The Morgan fingerprint density at radius 3 is 1.46 bits per heavy atom. The Hall–Kier alpha value is -6.60. The van der Waals surface area contributed by atoms with E-state index < -0.39 is 183 Å². The van der Waals surface area contributed by atoms with Crippen LogP contribution in [0.15, 0.2) is 0 Å². The average molecular weight is 1420 g/mol. The Morgan fingerprint density at radius 2 is 0.979 bits per heavy atom. The Morgan fingerprint density at radius 1 is 0.516 bits per heavy atom. The van der Waals surface area contributed by atoms with Gasteiger partial charge in [0, 0.05) is 45.1 Å². The molecule has 95 heavy (non-hydrogen) atoms. The van der Waals surface area contributed by atoms with Crippen LogP contribution in [0.1, 0.15) is 118 Å². The van der Waals surface area contributed by atoms with Gasteiger partial charge >= 0.3 is 47.4 Å². The van der Waals surface area contributed by atoms with Crippen LogP contribution in [0.3, 0.4) is 0 Å². The first-order chi connectivity index (χ1) is 43.8. The van der Waals surface area contributed by atoms with Crippen LogP contribution in [-0.4, -0.2) is 236 Å². The Kier molecular flexibility index (Phi) is 38.0. The summed E-state index contributed by atoms with van der Waals surface area (Å²) in [5.41, 5.74) is 10.7. The standard InChI is InChI=1S/C53H84F14N10O18/c1-5-7-11-32(30(3)79)73-44(88)40(31(4)80)76-41(85)33(12-8-9-18-71-45(69)70)74-42(86)34(28-36(68)81)75-43(87)35(29-78)72-37(82)15-19-91-20-21-92-22-23-93-24-25-94-26-27-95-39(84)13-10-16-48(89,90)77-38(83)14-17-47(56,57)50(60,61)52(64,65)53(66,67)51(62,63)49(58,59)46(54,55)6-2/h31-35,40,78,80,89-90H,5-29H2,1-4H3,(H2,68,81)(H,72,82)(H,73,88)(H,74,86)(H,75,87)(H,76,85)(H,77,83)(H4,69,70,71)/t31?,32-,33-,34-,35-,40-/m0/s1. The molecule has 0 bridgehead atoms. The summed E-state index contributed by atoms with van der Waals surface area (Å²) in [7, 11) is 0. The van der Waals surface area contributed by atoms with E-state index in [0.717, 1.165) is 5.32 Å². The smallest absolute Gasteiger partial charge is 0.384 e. The van der Waals surface area contributed by atoms with Gasteiger partial charge in [-0.2, -0.15) is 61.5 Å². The molecule has 0 aliphatic heterocycles. The van der Waals surface area contributed by atoms with Gasteiger partial charge in [0.1, 0.15) is 30.8 Å². The van der Waals surface area contributed by atoms with Gasteiger partial charge in [0.15, 0.2) is 11.7 Å². The second-order valence-corrected chi connectivity index (χ2v) is 21.2. The molecule has 16 N–H and O–H groups in total. The number of Topliss-reactive ketones (excluding diaryl/α,β-unsaturated/α-hetero) is 1. The van der Waals surface area contributed by atoms with Crippen molar-refractivity contribution in [1.29, 1.82) is 5.41 Å². The third kappa shape index (κ3) is 28.9. The molecule has 0 radical (unpaired) electrons. The second-order valence-electron chi connectivity index (χ2n) is 21.2. The predicted molar refractivity (Wildman–Crippen MR) is 298 cm³/mol. The Bertz CT molecular complexity index is 2480. The third-order valence-corrected chi connectivity index (χ3v) is 13.4. The van der Waals surface area contributed by atoms with Gasteiger partial charge in [-0.25, -0.2) is 0 Å². The fourth-order valence-corrected chi connectivity index (χ4v) is 7.83. The van der Waals surface area contributed by atoms with Crippen LogP contribution in [0.2, 0.25) is 0 Å². The highest BCUT2D eigenvalue weighted by atomic mass is 19.4. The van der Waals surface area contributed by atoms with Crippen molar-refractivity contribution in [3.63, 3.8) is 0 Å². The topological polar surface area (TPSA) is 441 Å². The van der Waals surface area contributed by atoms with Crippen LogP contribution >= 0.6 is 0 Å². The third-order valence-electron chi connectivity index (χ3n) is 13.4. The van der Waals surface area contributed by atoms with E-state index in [1.54, 1.807) is 0 Å². The van der Waals surface area contributed by atoms with Crippen molar-refractivity contribution in [1.82, 2.24) is 37.2 Å². The average Bonchev–Trinajstić information content (AvgIpc) is 0.703. The monoisotopic (exact) mass is 1410 g/mol. The Balaban J connectivity index is 4.89. The maximum absolute atomic E-state index is 14.2. The molecule has 28 nitrogen and oxygen atoms in total. The van der Waals surface area contributed by atoms with Crippen molar-refractivity contribution < 1.29 is 149 Å². The molecule has 0 saturated carbocycles. The summed E-state index contributed by atoms with van der Waals surface area (Å²) >= 11 is 0. The fraction of sp³-hybridized carbons (Fsp3) is 0.811. The molecular formula is C53H84F14N10O18. The van der Waals surface area contributed by atoms with Crippen LogP contribution in [0.4, 0.5) is 61.5 Å². The van der Waals surface area contributed by atoms with Crippen molar-refractivity contribution in [2.24, 2.45) is 11.5 Å². The number of amides is 7. The van der Waals surface area contributed by atoms with Gasteiger partial charge < -0.3 is 92.8 Å².